The van der Waals surface area contributed by atoms with Crippen molar-refractivity contribution in [2.75, 3.05) is 46.4 Å². The van der Waals surface area contributed by atoms with Crippen molar-refractivity contribution in [2.24, 2.45) is 5.41 Å². The molecule has 268 valence electrons. The molecule has 2 saturated heterocycles. The Morgan fingerprint density at radius 2 is 1.62 bits per heavy atom. The number of carbonyl (C=O) groups is 1. The van der Waals surface area contributed by atoms with Gasteiger partial charge in [-0.2, -0.15) is 17.9 Å². The lowest BCUT2D eigenvalue weighted by Crippen LogP contribution is -2.67. The average molecular weight is 735 g/mol. The number of ether oxygens (including phenoxy) is 1. The summed E-state index contributed by atoms with van der Waals surface area (Å²) in [6.07, 6.45) is -3.31. The smallest absolute Gasteiger partial charge is 0.453 e. The Morgan fingerprint density at radius 3 is 2.20 bits per heavy atom. The van der Waals surface area contributed by atoms with E-state index < -0.39 is 17.4 Å². The number of benzene rings is 3. The van der Waals surface area contributed by atoms with E-state index in [1.165, 1.54) is 24.3 Å². The van der Waals surface area contributed by atoms with E-state index >= 15 is 0 Å². The molecule has 0 spiro atoms. The van der Waals surface area contributed by atoms with Crippen LogP contribution >= 0.6 is 24.8 Å². The second kappa shape index (κ2) is 15.2. The van der Waals surface area contributed by atoms with Gasteiger partial charge in [0.05, 0.1) is 24.8 Å². The van der Waals surface area contributed by atoms with Crippen molar-refractivity contribution in [1.29, 1.82) is 0 Å². The van der Waals surface area contributed by atoms with Crippen molar-refractivity contribution in [2.45, 2.75) is 43.6 Å². The third kappa shape index (κ3) is 7.33. The van der Waals surface area contributed by atoms with Gasteiger partial charge in [-0.15, -0.1) is 29.9 Å². The van der Waals surface area contributed by atoms with Crippen LogP contribution in [0.2, 0.25) is 0 Å². The Hall–Kier alpha value is -3.75. The Morgan fingerprint density at radius 1 is 0.960 bits per heavy atom. The maximum atomic E-state index is 13.7. The maximum Gasteiger partial charge on any atom is 0.453 e. The lowest BCUT2D eigenvalue weighted by Gasteiger charge is -2.54. The molecule has 0 radical (unpaired) electrons. The number of carbonyl (C=O) groups excluding carboxylic acids is 1. The molecule has 1 N–H and O–H groups in total. The van der Waals surface area contributed by atoms with Crippen molar-refractivity contribution in [3.8, 4) is 11.4 Å². The number of fused-ring (bicyclic) bond motifs is 1. The lowest BCUT2D eigenvalue weighted by molar-refractivity contribution is -0.146. The van der Waals surface area contributed by atoms with E-state index in [0.717, 1.165) is 0 Å². The van der Waals surface area contributed by atoms with Crippen molar-refractivity contribution in [1.82, 2.24) is 34.9 Å². The van der Waals surface area contributed by atoms with E-state index in [1.807, 2.05) is 17.0 Å². The zero-order chi connectivity index (χ0) is 33.5. The number of nitrogens with zero attached hydrogens (tertiary/aromatic N) is 7. The third-order valence-electron chi connectivity index (χ3n) is 10.1. The molecule has 3 heterocycles. The van der Waals surface area contributed by atoms with Gasteiger partial charge in [0.25, 0.3) is 5.82 Å². The summed E-state index contributed by atoms with van der Waals surface area (Å²) in [7, 11) is 1.54. The first kappa shape index (κ1) is 37.5. The molecule has 10 nitrogen and oxygen atoms in total. The van der Waals surface area contributed by atoms with Crippen LogP contribution in [0.4, 0.5) is 13.2 Å². The number of tetrazole rings is 1. The van der Waals surface area contributed by atoms with E-state index in [9.17, 15) is 23.1 Å². The summed E-state index contributed by atoms with van der Waals surface area (Å²) in [6, 6.07) is 25.7. The predicted molar refractivity (Wildman–Crippen MR) is 185 cm³/mol. The molecule has 7 rings (SSSR count). The minimum absolute atomic E-state index is 0. The maximum absolute atomic E-state index is 13.7. The first-order chi connectivity index (χ1) is 23.2. The molecule has 3 aromatic carbocycles. The standard InChI is InChI=1S/C35H38F3N7O3.2ClH/c1-48-30-13-12-27(45-32(35(36,37)38)39-40-41-45)18-26(30)19-42-20-28-21-43(33(47)34(23-46)14-15-34)16-17-44(28)29(22-42)31(24-8-4-2-5-9-24)25-10-6-3-7-11-25;;/h2-13,18,28-29,31,46H,14-17,19-23H2,1H3;2*1H/t28-,29+;;/m1../s1. The minimum Gasteiger partial charge on any atom is -0.496 e. The van der Waals surface area contributed by atoms with Crippen LogP contribution < -0.4 is 4.74 Å². The van der Waals surface area contributed by atoms with Crippen LogP contribution in [-0.4, -0.2) is 104 Å². The number of methoxy groups -OCH3 is 1. The largest absolute Gasteiger partial charge is 0.496 e. The van der Waals surface area contributed by atoms with E-state index in [1.54, 1.807) is 12.1 Å². The molecule has 1 saturated carbocycles. The van der Waals surface area contributed by atoms with Crippen molar-refractivity contribution in [3.63, 3.8) is 0 Å². The van der Waals surface area contributed by atoms with Crippen LogP contribution in [0.25, 0.3) is 5.69 Å². The van der Waals surface area contributed by atoms with Crippen LogP contribution in [0.3, 0.4) is 0 Å². The van der Waals surface area contributed by atoms with Crippen LogP contribution in [0.1, 0.15) is 41.3 Å². The summed E-state index contributed by atoms with van der Waals surface area (Å²) in [4.78, 5) is 20.3. The van der Waals surface area contributed by atoms with E-state index in [4.69, 9.17) is 4.74 Å². The van der Waals surface area contributed by atoms with Crippen LogP contribution in [0.5, 0.6) is 5.75 Å². The quantitative estimate of drug-likeness (QED) is 0.261. The summed E-state index contributed by atoms with van der Waals surface area (Å²) in [6.45, 7) is 3.38. The van der Waals surface area contributed by atoms with E-state index in [-0.39, 0.29) is 61.0 Å². The molecule has 0 bridgehead atoms. The van der Waals surface area contributed by atoms with E-state index in [2.05, 4.69) is 73.9 Å². The normalized spacial score (nSPS) is 20.4. The van der Waals surface area contributed by atoms with Crippen LogP contribution in [0, 0.1) is 5.41 Å². The minimum atomic E-state index is -4.73. The number of hydrogen-bond acceptors (Lipinski definition) is 8. The van der Waals surface area contributed by atoms with Gasteiger partial charge in [0.2, 0.25) is 5.91 Å². The number of piperazine rings is 2. The average Bonchev–Trinajstić information content (AvgIpc) is 3.74. The zero-order valence-corrected chi connectivity index (χ0v) is 29.1. The summed E-state index contributed by atoms with van der Waals surface area (Å²) in [5.74, 6) is -0.613. The number of rotatable bonds is 9. The zero-order valence-electron chi connectivity index (χ0n) is 27.4. The lowest BCUT2D eigenvalue weighted by atomic mass is 9.81. The third-order valence-corrected chi connectivity index (χ3v) is 10.1. The number of alkyl halides is 3. The number of aliphatic hydroxyl groups is 1. The second-order valence-corrected chi connectivity index (χ2v) is 13.0. The summed E-state index contributed by atoms with van der Waals surface area (Å²) in [5.41, 5.74) is 2.60. The molecule has 3 fully saturated rings. The fourth-order valence-corrected chi connectivity index (χ4v) is 7.50. The fourth-order valence-electron chi connectivity index (χ4n) is 7.50. The summed E-state index contributed by atoms with van der Waals surface area (Å²) in [5, 5.41) is 20.1. The highest BCUT2D eigenvalue weighted by Gasteiger charge is 2.53. The molecule has 2 atom stereocenters. The first-order valence-corrected chi connectivity index (χ1v) is 16.2. The number of halogens is 5. The Labute approximate surface area is 301 Å². The molecule has 1 amide bonds. The SMILES string of the molecule is COc1ccc(-n2nnnc2C(F)(F)F)cc1CN1C[C@@H]2CN(C(=O)C3(CO)CC3)CCN2[C@H](C(c2ccccc2)c2ccccc2)C1.Cl.Cl. The van der Waals surface area contributed by atoms with Gasteiger partial charge in [-0.3, -0.25) is 14.6 Å². The summed E-state index contributed by atoms with van der Waals surface area (Å²) >= 11 is 0. The van der Waals surface area contributed by atoms with Gasteiger partial charge in [0, 0.05) is 62.8 Å². The van der Waals surface area contributed by atoms with Gasteiger partial charge >= 0.3 is 6.18 Å². The molecule has 2 aliphatic heterocycles. The topological polar surface area (TPSA) is 99.8 Å². The predicted octanol–water partition coefficient (Wildman–Crippen LogP) is 4.83. The van der Waals surface area contributed by atoms with Gasteiger partial charge < -0.3 is 14.7 Å². The monoisotopic (exact) mass is 733 g/mol. The molecule has 4 aromatic rings. The first-order valence-electron chi connectivity index (χ1n) is 16.2. The number of aromatic nitrogens is 4. The number of amides is 1. The van der Waals surface area contributed by atoms with E-state index in [0.29, 0.717) is 68.1 Å². The molecular formula is C35H40Cl2F3N7O3. The molecule has 1 aromatic heterocycles. The van der Waals surface area contributed by atoms with Crippen LogP contribution in [0.15, 0.2) is 78.9 Å². The van der Waals surface area contributed by atoms with Gasteiger partial charge in [-0.1, -0.05) is 60.7 Å². The highest BCUT2D eigenvalue weighted by Crippen LogP contribution is 2.47. The molecule has 1 aliphatic carbocycles. The van der Waals surface area contributed by atoms with Gasteiger partial charge in [0.1, 0.15) is 5.75 Å². The molecule has 15 heteroatoms. The second-order valence-electron chi connectivity index (χ2n) is 13.0. The Bertz CT molecular complexity index is 1700. The van der Waals surface area contributed by atoms with Gasteiger partial charge in [0.15, 0.2) is 0 Å². The molecular weight excluding hydrogens is 694 g/mol. The Kier molecular flexibility index (Phi) is 11.4. The van der Waals surface area contributed by atoms with Crippen molar-refractivity contribution >= 4 is 30.7 Å². The molecule has 50 heavy (non-hydrogen) atoms. The number of aliphatic hydroxyl groups excluding tert-OH is 1. The van der Waals surface area contributed by atoms with Gasteiger partial charge in [-0.05, 0) is 52.6 Å². The fraction of sp³-hybridized carbons (Fsp3) is 0.429. The molecule has 3 aliphatic rings. The van der Waals surface area contributed by atoms with Crippen LogP contribution in [-0.2, 0) is 17.5 Å². The molecule has 0 unspecified atom stereocenters. The van der Waals surface area contributed by atoms with Gasteiger partial charge in [-0.25, -0.2) is 0 Å². The summed E-state index contributed by atoms with van der Waals surface area (Å²) < 4.78 is 47.4. The highest BCUT2D eigenvalue weighted by molar-refractivity contribution is 5.86. The van der Waals surface area contributed by atoms with Crippen molar-refractivity contribution in [3.05, 3.63) is 101 Å². The number of hydrogen-bond donors (Lipinski definition) is 1. The highest BCUT2D eigenvalue weighted by atomic mass is 35.5. The Balaban J connectivity index is 0.00000243. The van der Waals surface area contributed by atoms with Crippen molar-refractivity contribution < 1.29 is 27.8 Å².